The van der Waals surface area contributed by atoms with Gasteiger partial charge in [0.25, 0.3) is 0 Å². The molecule has 0 radical (unpaired) electrons. The predicted molar refractivity (Wildman–Crippen MR) is 63.9 cm³/mol. The van der Waals surface area contributed by atoms with Gasteiger partial charge >= 0.3 is 0 Å². The van der Waals surface area contributed by atoms with Crippen LogP contribution in [0.2, 0.25) is 0 Å². The van der Waals surface area contributed by atoms with Crippen molar-refractivity contribution in [2.75, 3.05) is 13.7 Å². The molecule has 0 saturated carbocycles. The highest BCUT2D eigenvalue weighted by molar-refractivity contribution is 9.10. The Morgan fingerprint density at radius 1 is 1.53 bits per heavy atom. The normalized spacial score (nSPS) is 12.8. The van der Waals surface area contributed by atoms with E-state index in [1.165, 1.54) is 6.07 Å². The fourth-order valence-corrected chi connectivity index (χ4v) is 1.94. The minimum Gasteiger partial charge on any atom is -0.383 e. The molecule has 1 unspecified atom stereocenters. The van der Waals surface area contributed by atoms with E-state index >= 15 is 0 Å². The molecule has 0 aromatic heterocycles. The maximum absolute atomic E-state index is 12.9. The van der Waals surface area contributed by atoms with Crippen LogP contribution in [0.15, 0.2) is 22.7 Å². The van der Waals surface area contributed by atoms with Crippen molar-refractivity contribution in [1.82, 2.24) is 0 Å². The number of ether oxygens (including phenoxy) is 1. The summed E-state index contributed by atoms with van der Waals surface area (Å²) in [6.07, 6.45) is 1.66. The Balaban J connectivity index is 2.47. The number of hydrogen-bond acceptors (Lipinski definition) is 1. The van der Waals surface area contributed by atoms with Crippen LogP contribution >= 0.6 is 27.5 Å². The number of benzene rings is 1. The molecule has 1 aromatic carbocycles. The molecule has 15 heavy (non-hydrogen) atoms. The lowest BCUT2D eigenvalue weighted by molar-refractivity contribution is 0.195. The van der Waals surface area contributed by atoms with E-state index in [0.717, 1.165) is 18.4 Å². The van der Waals surface area contributed by atoms with Crippen LogP contribution in [0.1, 0.15) is 12.0 Å². The molecular weight excluding hydrogens is 282 g/mol. The molecule has 1 atom stereocenters. The van der Waals surface area contributed by atoms with Crippen molar-refractivity contribution in [2.24, 2.45) is 0 Å². The molecule has 0 N–H and O–H groups in total. The van der Waals surface area contributed by atoms with Gasteiger partial charge in [-0.2, -0.15) is 0 Å². The smallest absolute Gasteiger partial charge is 0.137 e. The van der Waals surface area contributed by atoms with Gasteiger partial charge in [0.2, 0.25) is 0 Å². The second kappa shape index (κ2) is 6.46. The molecule has 1 rings (SSSR count). The number of alkyl halides is 1. The molecule has 0 saturated heterocycles. The molecule has 0 spiro atoms. The molecule has 4 heteroatoms. The van der Waals surface area contributed by atoms with Crippen molar-refractivity contribution in [3.05, 3.63) is 34.1 Å². The SMILES string of the molecule is COCC(Cl)CCc1ccc(F)c(Br)c1. The Bertz CT molecular complexity index is 319. The predicted octanol–water partition coefficient (Wildman–Crippen LogP) is 3.77. The zero-order valence-electron chi connectivity index (χ0n) is 8.47. The minimum absolute atomic E-state index is 0.0128. The third kappa shape index (κ3) is 4.49. The van der Waals surface area contributed by atoms with Gasteiger partial charge in [-0.25, -0.2) is 4.39 Å². The fourth-order valence-electron chi connectivity index (χ4n) is 1.28. The number of methoxy groups -OCH3 is 1. The molecule has 0 bridgehead atoms. The molecule has 0 aliphatic heterocycles. The quantitative estimate of drug-likeness (QED) is 0.751. The fraction of sp³-hybridized carbons (Fsp3) is 0.455. The third-order valence-electron chi connectivity index (χ3n) is 2.08. The molecular formula is C11H13BrClFO. The molecule has 1 aromatic rings. The topological polar surface area (TPSA) is 9.23 Å². The van der Waals surface area contributed by atoms with Crippen LogP contribution in [0.3, 0.4) is 0 Å². The third-order valence-corrected chi connectivity index (χ3v) is 3.03. The number of hydrogen-bond donors (Lipinski definition) is 0. The average molecular weight is 296 g/mol. The summed E-state index contributed by atoms with van der Waals surface area (Å²) in [5, 5.41) is 0.0128. The summed E-state index contributed by atoms with van der Waals surface area (Å²) >= 11 is 9.14. The molecule has 0 fully saturated rings. The second-order valence-corrected chi connectivity index (χ2v) is 4.81. The van der Waals surface area contributed by atoms with Crippen molar-refractivity contribution in [3.63, 3.8) is 0 Å². The Hall–Kier alpha value is -0.120. The summed E-state index contributed by atoms with van der Waals surface area (Å²) < 4.78 is 18.4. The molecule has 0 aliphatic carbocycles. The van der Waals surface area contributed by atoms with E-state index in [-0.39, 0.29) is 11.2 Å². The van der Waals surface area contributed by atoms with E-state index in [0.29, 0.717) is 11.1 Å². The van der Waals surface area contributed by atoms with Crippen LogP contribution in [-0.4, -0.2) is 19.1 Å². The van der Waals surface area contributed by atoms with Gasteiger partial charge < -0.3 is 4.74 Å². The summed E-state index contributed by atoms with van der Waals surface area (Å²) in [5.41, 5.74) is 1.07. The lowest BCUT2D eigenvalue weighted by atomic mass is 10.1. The van der Waals surface area contributed by atoms with Gasteiger partial charge in [0.05, 0.1) is 16.5 Å². The monoisotopic (exact) mass is 294 g/mol. The second-order valence-electron chi connectivity index (χ2n) is 3.34. The Labute approximate surface area is 103 Å². The van der Waals surface area contributed by atoms with Gasteiger partial charge in [-0.15, -0.1) is 11.6 Å². The van der Waals surface area contributed by atoms with Crippen molar-refractivity contribution in [2.45, 2.75) is 18.2 Å². The number of aryl methyl sites for hydroxylation is 1. The maximum atomic E-state index is 12.9. The van der Waals surface area contributed by atoms with Gasteiger partial charge in [-0.05, 0) is 46.5 Å². The van der Waals surface area contributed by atoms with E-state index in [9.17, 15) is 4.39 Å². The van der Waals surface area contributed by atoms with E-state index in [2.05, 4.69) is 15.9 Å². The molecule has 0 amide bonds. The molecule has 0 heterocycles. The van der Waals surface area contributed by atoms with Crippen molar-refractivity contribution in [1.29, 1.82) is 0 Å². The van der Waals surface area contributed by atoms with Crippen molar-refractivity contribution < 1.29 is 9.13 Å². The highest BCUT2D eigenvalue weighted by atomic mass is 79.9. The number of halogens is 3. The van der Waals surface area contributed by atoms with Gasteiger partial charge in [0, 0.05) is 7.11 Å². The van der Waals surface area contributed by atoms with Crippen LogP contribution in [0.4, 0.5) is 4.39 Å². The van der Waals surface area contributed by atoms with Crippen molar-refractivity contribution in [3.8, 4) is 0 Å². The standard InChI is InChI=1S/C11H13BrClFO/c1-15-7-9(13)4-2-8-3-5-11(14)10(12)6-8/h3,5-6,9H,2,4,7H2,1H3. The zero-order valence-corrected chi connectivity index (χ0v) is 10.8. The molecule has 84 valence electrons. The highest BCUT2D eigenvalue weighted by Crippen LogP contribution is 2.18. The number of rotatable bonds is 5. The van der Waals surface area contributed by atoms with Crippen LogP contribution in [0.25, 0.3) is 0 Å². The van der Waals surface area contributed by atoms with Crippen LogP contribution < -0.4 is 0 Å². The summed E-state index contributed by atoms with van der Waals surface area (Å²) in [7, 11) is 1.63. The van der Waals surface area contributed by atoms with E-state index < -0.39 is 0 Å². The first-order valence-electron chi connectivity index (χ1n) is 4.70. The van der Waals surface area contributed by atoms with Gasteiger partial charge in [0.1, 0.15) is 5.82 Å². The Morgan fingerprint density at radius 2 is 2.27 bits per heavy atom. The molecule has 1 nitrogen and oxygen atoms in total. The minimum atomic E-state index is -0.238. The summed E-state index contributed by atoms with van der Waals surface area (Å²) in [6, 6.07) is 5.02. The van der Waals surface area contributed by atoms with Crippen molar-refractivity contribution >= 4 is 27.5 Å². The largest absolute Gasteiger partial charge is 0.383 e. The lowest BCUT2D eigenvalue weighted by Crippen LogP contribution is -2.08. The Morgan fingerprint density at radius 3 is 2.87 bits per heavy atom. The first-order chi connectivity index (χ1) is 7.13. The van der Waals surface area contributed by atoms with E-state index in [4.69, 9.17) is 16.3 Å². The summed E-state index contributed by atoms with van der Waals surface area (Å²) in [6.45, 7) is 0.546. The van der Waals surface area contributed by atoms with E-state index in [1.807, 2.05) is 0 Å². The van der Waals surface area contributed by atoms with Crippen LogP contribution in [0.5, 0.6) is 0 Å². The lowest BCUT2D eigenvalue weighted by Gasteiger charge is -2.08. The first kappa shape index (κ1) is 12.9. The highest BCUT2D eigenvalue weighted by Gasteiger charge is 2.05. The maximum Gasteiger partial charge on any atom is 0.137 e. The first-order valence-corrected chi connectivity index (χ1v) is 5.93. The van der Waals surface area contributed by atoms with Crippen LogP contribution in [0, 0.1) is 5.82 Å². The van der Waals surface area contributed by atoms with Gasteiger partial charge in [-0.1, -0.05) is 6.07 Å². The van der Waals surface area contributed by atoms with E-state index in [1.54, 1.807) is 19.2 Å². The van der Waals surface area contributed by atoms with Crippen LogP contribution in [-0.2, 0) is 11.2 Å². The van der Waals surface area contributed by atoms with Gasteiger partial charge in [-0.3, -0.25) is 0 Å². The zero-order chi connectivity index (χ0) is 11.3. The molecule has 0 aliphatic rings. The summed E-state index contributed by atoms with van der Waals surface area (Å²) in [5.74, 6) is -0.238. The average Bonchev–Trinajstić information content (AvgIpc) is 2.20. The van der Waals surface area contributed by atoms with Gasteiger partial charge in [0.15, 0.2) is 0 Å². The Kier molecular flexibility index (Phi) is 5.58. The summed E-state index contributed by atoms with van der Waals surface area (Å²) in [4.78, 5) is 0.